The molecule has 0 bridgehead atoms. The van der Waals surface area contributed by atoms with Crippen LogP contribution in [0.15, 0.2) is 16.9 Å². The van der Waals surface area contributed by atoms with E-state index in [1.165, 1.54) is 30.0 Å². The second kappa shape index (κ2) is 6.00. The molecule has 2 saturated carbocycles. The lowest BCUT2D eigenvalue weighted by Crippen LogP contribution is -2.42. The molecule has 5 heteroatoms. The lowest BCUT2D eigenvalue weighted by molar-refractivity contribution is -0.133. The molecule has 21 heavy (non-hydrogen) atoms. The maximum absolute atomic E-state index is 12.4. The van der Waals surface area contributed by atoms with Crippen LogP contribution >= 0.6 is 0 Å². The van der Waals surface area contributed by atoms with Gasteiger partial charge in [-0.2, -0.15) is 5.10 Å². The van der Waals surface area contributed by atoms with Gasteiger partial charge in [-0.05, 0) is 31.7 Å². The summed E-state index contributed by atoms with van der Waals surface area (Å²) in [5.74, 6) is 0.479. The van der Waals surface area contributed by atoms with Gasteiger partial charge in [-0.25, -0.2) is 4.68 Å². The quantitative estimate of drug-likeness (QED) is 0.851. The van der Waals surface area contributed by atoms with Crippen molar-refractivity contribution in [2.45, 2.75) is 63.5 Å². The highest BCUT2D eigenvalue weighted by molar-refractivity contribution is 5.75. The molecule has 5 nitrogen and oxygen atoms in total. The molecule has 114 valence electrons. The fourth-order valence-electron chi connectivity index (χ4n) is 3.09. The highest BCUT2D eigenvalue weighted by Crippen LogP contribution is 2.38. The molecule has 0 aliphatic heterocycles. The van der Waals surface area contributed by atoms with Crippen LogP contribution in [-0.2, 0) is 11.3 Å². The van der Waals surface area contributed by atoms with Crippen LogP contribution in [0.5, 0.6) is 0 Å². The van der Waals surface area contributed by atoms with E-state index < -0.39 is 0 Å². The van der Waals surface area contributed by atoms with Crippen molar-refractivity contribution >= 4 is 5.91 Å². The van der Waals surface area contributed by atoms with E-state index >= 15 is 0 Å². The molecule has 0 spiro atoms. The molecule has 0 radical (unpaired) electrons. The second-order valence-electron chi connectivity index (χ2n) is 6.32. The Morgan fingerprint density at radius 3 is 2.62 bits per heavy atom. The third-order valence-electron chi connectivity index (χ3n) is 4.68. The minimum atomic E-state index is -0.190. The van der Waals surface area contributed by atoms with Crippen molar-refractivity contribution in [1.29, 1.82) is 0 Å². The summed E-state index contributed by atoms with van der Waals surface area (Å²) in [4.78, 5) is 26.1. The number of amides is 1. The van der Waals surface area contributed by atoms with Gasteiger partial charge < -0.3 is 4.90 Å². The number of hydrogen-bond acceptors (Lipinski definition) is 3. The molecule has 3 rings (SSSR count). The standard InChI is InChI=1S/C16H23N3O2/c1-18(13-5-3-2-4-6-13)16(21)11-19-15(20)10-9-14(17-19)12-7-8-12/h9-10,12-13H,2-8,11H2,1H3. The molecule has 0 saturated heterocycles. The van der Waals surface area contributed by atoms with Gasteiger partial charge in [0.25, 0.3) is 5.56 Å². The summed E-state index contributed by atoms with van der Waals surface area (Å²) in [6.07, 6.45) is 8.08. The van der Waals surface area contributed by atoms with Crippen LogP contribution < -0.4 is 5.56 Å². The molecule has 0 atom stereocenters. The number of carbonyl (C=O) groups is 1. The highest BCUT2D eigenvalue weighted by Gasteiger charge is 2.26. The molecule has 2 fully saturated rings. The van der Waals surface area contributed by atoms with Gasteiger partial charge in [0.1, 0.15) is 6.54 Å². The molecule has 0 aromatic carbocycles. The first-order chi connectivity index (χ1) is 10.1. The van der Waals surface area contributed by atoms with E-state index in [9.17, 15) is 9.59 Å². The number of rotatable bonds is 4. The van der Waals surface area contributed by atoms with E-state index in [1.54, 1.807) is 6.07 Å². The van der Waals surface area contributed by atoms with E-state index in [4.69, 9.17) is 0 Å². The Morgan fingerprint density at radius 1 is 1.24 bits per heavy atom. The van der Waals surface area contributed by atoms with Gasteiger partial charge in [-0.15, -0.1) is 0 Å². The maximum atomic E-state index is 12.4. The fourth-order valence-corrected chi connectivity index (χ4v) is 3.09. The van der Waals surface area contributed by atoms with Crippen molar-refractivity contribution < 1.29 is 4.79 Å². The van der Waals surface area contributed by atoms with Crippen molar-refractivity contribution in [2.24, 2.45) is 0 Å². The van der Waals surface area contributed by atoms with Gasteiger partial charge in [-0.1, -0.05) is 19.3 Å². The third-order valence-corrected chi connectivity index (χ3v) is 4.68. The molecule has 0 unspecified atom stereocenters. The smallest absolute Gasteiger partial charge is 0.267 e. The molecule has 1 aromatic heterocycles. The average molecular weight is 289 g/mol. The van der Waals surface area contributed by atoms with Crippen LogP contribution in [0.3, 0.4) is 0 Å². The van der Waals surface area contributed by atoms with Gasteiger partial charge in [0.15, 0.2) is 0 Å². The van der Waals surface area contributed by atoms with Crippen LogP contribution in [0.4, 0.5) is 0 Å². The zero-order valence-electron chi connectivity index (χ0n) is 12.6. The normalized spacial score (nSPS) is 19.5. The van der Waals surface area contributed by atoms with E-state index in [1.807, 2.05) is 11.9 Å². The first-order valence-corrected chi connectivity index (χ1v) is 7.99. The highest BCUT2D eigenvalue weighted by atomic mass is 16.2. The Morgan fingerprint density at radius 2 is 1.95 bits per heavy atom. The zero-order chi connectivity index (χ0) is 14.8. The first kappa shape index (κ1) is 14.3. The van der Waals surface area contributed by atoms with Crippen molar-refractivity contribution in [3.8, 4) is 0 Å². The summed E-state index contributed by atoms with van der Waals surface area (Å²) in [6.45, 7) is 0.0619. The predicted molar refractivity (Wildman–Crippen MR) is 80.1 cm³/mol. The summed E-state index contributed by atoms with van der Waals surface area (Å²) in [6, 6.07) is 3.66. The summed E-state index contributed by atoms with van der Waals surface area (Å²) in [5, 5.41) is 4.36. The van der Waals surface area contributed by atoms with Crippen LogP contribution in [0.2, 0.25) is 0 Å². The molecule has 2 aliphatic carbocycles. The lowest BCUT2D eigenvalue weighted by Gasteiger charge is -2.31. The summed E-state index contributed by atoms with van der Waals surface area (Å²) >= 11 is 0. The largest absolute Gasteiger partial charge is 0.341 e. The zero-order valence-corrected chi connectivity index (χ0v) is 12.6. The van der Waals surface area contributed by atoms with Gasteiger partial charge in [0.05, 0.1) is 5.69 Å². The summed E-state index contributed by atoms with van der Waals surface area (Å²) < 4.78 is 1.33. The van der Waals surface area contributed by atoms with Crippen molar-refractivity contribution in [1.82, 2.24) is 14.7 Å². The minimum absolute atomic E-state index is 0.00977. The van der Waals surface area contributed by atoms with Crippen LogP contribution in [0.25, 0.3) is 0 Å². The Hall–Kier alpha value is -1.65. The number of nitrogens with zero attached hydrogens (tertiary/aromatic N) is 3. The fraction of sp³-hybridized carbons (Fsp3) is 0.688. The molecule has 0 N–H and O–H groups in total. The second-order valence-corrected chi connectivity index (χ2v) is 6.32. The van der Waals surface area contributed by atoms with Gasteiger partial charge in [0.2, 0.25) is 5.91 Å². The Kier molecular flexibility index (Phi) is 4.08. The summed E-state index contributed by atoms with van der Waals surface area (Å²) in [5.41, 5.74) is 0.757. The molecule has 1 aromatic rings. The summed E-state index contributed by atoms with van der Waals surface area (Å²) in [7, 11) is 1.86. The van der Waals surface area contributed by atoms with Crippen molar-refractivity contribution in [3.05, 3.63) is 28.2 Å². The number of likely N-dealkylation sites (N-methyl/N-ethyl adjacent to an activating group) is 1. The molecule has 1 heterocycles. The van der Waals surface area contributed by atoms with E-state index in [2.05, 4.69) is 5.10 Å². The Bertz CT molecular complexity index is 571. The molecular formula is C16H23N3O2. The predicted octanol–water partition coefficient (Wildman–Crippen LogP) is 1.91. The molecule has 2 aliphatic rings. The Balaban J connectivity index is 1.68. The van der Waals surface area contributed by atoms with E-state index in [0.717, 1.165) is 31.4 Å². The van der Waals surface area contributed by atoms with Gasteiger partial charge in [0, 0.05) is 25.1 Å². The number of carbonyl (C=O) groups excluding carboxylic acids is 1. The maximum Gasteiger partial charge on any atom is 0.267 e. The van der Waals surface area contributed by atoms with Crippen LogP contribution in [0.1, 0.15) is 56.6 Å². The monoisotopic (exact) mass is 289 g/mol. The third kappa shape index (κ3) is 3.34. The lowest BCUT2D eigenvalue weighted by atomic mass is 9.94. The van der Waals surface area contributed by atoms with Crippen LogP contribution in [-0.4, -0.2) is 33.7 Å². The van der Waals surface area contributed by atoms with Gasteiger partial charge in [-0.3, -0.25) is 9.59 Å². The first-order valence-electron chi connectivity index (χ1n) is 7.99. The molecule has 1 amide bonds. The van der Waals surface area contributed by atoms with Crippen LogP contribution in [0, 0.1) is 0 Å². The molecular weight excluding hydrogens is 266 g/mol. The average Bonchev–Trinajstić information content (AvgIpc) is 3.34. The van der Waals surface area contributed by atoms with Gasteiger partial charge >= 0.3 is 0 Å². The SMILES string of the molecule is CN(C(=O)Cn1nc(C2CC2)ccc1=O)C1CCCCC1. The number of aromatic nitrogens is 2. The topological polar surface area (TPSA) is 55.2 Å². The van der Waals surface area contributed by atoms with E-state index in [-0.39, 0.29) is 18.0 Å². The van der Waals surface area contributed by atoms with Crippen molar-refractivity contribution in [2.75, 3.05) is 7.05 Å². The van der Waals surface area contributed by atoms with E-state index in [0.29, 0.717) is 12.0 Å². The minimum Gasteiger partial charge on any atom is -0.341 e. The van der Waals surface area contributed by atoms with Crippen molar-refractivity contribution in [3.63, 3.8) is 0 Å². The number of hydrogen-bond donors (Lipinski definition) is 0. The Labute approximate surface area is 124 Å².